The Kier molecular flexibility index (Phi) is 3.73. The highest BCUT2D eigenvalue weighted by molar-refractivity contribution is 7.92. The quantitative estimate of drug-likeness (QED) is 0.887. The van der Waals surface area contributed by atoms with Gasteiger partial charge >= 0.3 is 0 Å². The number of aromatic nitrogens is 1. The number of hydrogen-bond donors (Lipinski definition) is 1. The van der Waals surface area contributed by atoms with Crippen LogP contribution in [0.15, 0.2) is 41.4 Å². The molecule has 1 aromatic heterocycles. The van der Waals surface area contributed by atoms with Gasteiger partial charge in [0.2, 0.25) is 0 Å². The van der Waals surface area contributed by atoms with Gasteiger partial charge in [-0.1, -0.05) is 17.7 Å². The minimum Gasteiger partial charge on any atom is -0.279 e. The number of rotatable bonds is 3. The van der Waals surface area contributed by atoms with Crippen molar-refractivity contribution in [3.05, 3.63) is 53.1 Å². The molecular formula is C12H10ClFN2O2S. The minimum atomic E-state index is -3.80. The van der Waals surface area contributed by atoms with E-state index in [1.807, 2.05) is 0 Å². The van der Waals surface area contributed by atoms with E-state index < -0.39 is 15.8 Å². The first-order valence-corrected chi connectivity index (χ1v) is 7.15. The van der Waals surface area contributed by atoms with Gasteiger partial charge in [0.15, 0.2) is 0 Å². The highest BCUT2D eigenvalue weighted by Gasteiger charge is 2.15. The van der Waals surface area contributed by atoms with Crippen LogP contribution in [-0.4, -0.2) is 13.4 Å². The molecular weight excluding hydrogens is 291 g/mol. The summed E-state index contributed by atoms with van der Waals surface area (Å²) in [5, 5.41) is 0.195. The van der Waals surface area contributed by atoms with Crippen LogP contribution < -0.4 is 4.72 Å². The van der Waals surface area contributed by atoms with Gasteiger partial charge < -0.3 is 0 Å². The second kappa shape index (κ2) is 5.14. The smallest absolute Gasteiger partial charge is 0.263 e. The molecule has 0 aliphatic carbocycles. The van der Waals surface area contributed by atoms with Crippen molar-refractivity contribution < 1.29 is 12.8 Å². The third-order valence-electron chi connectivity index (χ3n) is 2.43. The minimum absolute atomic E-state index is 0.0436. The Hall–Kier alpha value is -1.66. The Morgan fingerprint density at radius 3 is 2.58 bits per heavy atom. The Bertz CT molecular complexity index is 702. The van der Waals surface area contributed by atoms with Gasteiger partial charge in [0.05, 0.1) is 5.69 Å². The average Bonchev–Trinajstić information content (AvgIpc) is 2.34. The van der Waals surface area contributed by atoms with Crippen LogP contribution in [0.3, 0.4) is 0 Å². The fourth-order valence-corrected chi connectivity index (χ4v) is 2.50. The molecule has 0 aliphatic heterocycles. The molecule has 7 heteroatoms. The number of nitrogens with one attached hydrogen (secondary N) is 1. The van der Waals surface area contributed by atoms with E-state index in [0.29, 0.717) is 5.56 Å². The topological polar surface area (TPSA) is 59.1 Å². The first-order valence-electron chi connectivity index (χ1n) is 5.29. The summed E-state index contributed by atoms with van der Waals surface area (Å²) in [4.78, 5) is 3.65. The summed E-state index contributed by atoms with van der Waals surface area (Å²) in [5.74, 6) is -0.477. The molecule has 0 saturated carbocycles. The van der Waals surface area contributed by atoms with Gasteiger partial charge in [0.25, 0.3) is 10.0 Å². The Labute approximate surface area is 115 Å². The number of pyridine rings is 1. The lowest BCUT2D eigenvalue weighted by Gasteiger charge is -2.08. The van der Waals surface area contributed by atoms with Crippen LogP contribution in [0.4, 0.5) is 10.1 Å². The molecule has 0 fully saturated rings. The van der Waals surface area contributed by atoms with Crippen molar-refractivity contribution in [2.24, 2.45) is 0 Å². The van der Waals surface area contributed by atoms with E-state index in [9.17, 15) is 12.8 Å². The standard InChI is InChI=1S/C12H10ClFN2O2S/c1-8-2-3-9(6-11(8)14)16-19(17,18)10-4-5-12(13)15-7-10/h2-7,16H,1H3. The molecule has 1 heterocycles. The zero-order chi connectivity index (χ0) is 14.0. The molecule has 2 aromatic rings. The molecule has 100 valence electrons. The molecule has 4 nitrogen and oxygen atoms in total. The monoisotopic (exact) mass is 300 g/mol. The van der Waals surface area contributed by atoms with Gasteiger partial charge in [-0.05, 0) is 36.8 Å². The van der Waals surface area contributed by atoms with E-state index in [0.717, 1.165) is 12.3 Å². The second-order valence-electron chi connectivity index (χ2n) is 3.89. The van der Waals surface area contributed by atoms with Crippen LogP contribution in [0.2, 0.25) is 5.15 Å². The van der Waals surface area contributed by atoms with Crippen molar-refractivity contribution in [1.29, 1.82) is 0 Å². The molecule has 0 atom stereocenters. The number of aryl methyl sites for hydroxylation is 1. The predicted molar refractivity (Wildman–Crippen MR) is 71.2 cm³/mol. The zero-order valence-corrected chi connectivity index (χ0v) is 11.5. The number of nitrogens with zero attached hydrogens (tertiary/aromatic N) is 1. The first-order chi connectivity index (χ1) is 8.88. The number of hydrogen-bond acceptors (Lipinski definition) is 3. The molecule has 0 saturated heterocycles. The van der Waals surface area contributed by atoms with Gasteiger partial charge in [-0.3, -0.25) is 4.72 Å². The van der Waals surface area contributed by atoms with Crippen molar-refractivity contribution in [2.75, 3.05) is 4.72 Å². The molecule has 0 bridgehead atoms. The van der Waals surface area contributed by atoms with E-state index in [1.165, 1.54) is 24.3 Å². The number of halogens is 2. The first kappa shape index (κ1) is 13.8. The fourth-order valence-electron chi connectivity index (χ4n) is 1.39. The molecule has 0 amide bonds. The van der Waals surface area contributed by atoms with Gasteiger partial charge in [0, 0.05) is 6.20 Å². The summed E-state index contributed by atoms with van der Waals surface area (Å²) >= 11 is 5.58. The maximum absolute atomic E-state index is 13.3. The van der Waals surface area contributed by atoms with Crippen molar-refractivity contribution in [2.45, 2.75) is 11.8 Å². The summed E-state index contributed by atoms with van der Waals surface area (Å²) < 4.78 is 39.6. The largest absolute Gasteiger partial charge is 0.279 e. The van der Waals surface area contributed by atoms with Gasteiger partial charge in [0.1, 0.15) is 15.9 Å². The van der Waals surface area contributed by atoms with Crippen LogP contribution in [0.5, 0.6) is 0 Å². The molecule has 0 unspecified atom stereocenters. The lowest BCUT2D eigenvalue weighted by Crippen LogP contribution is -2.13. The van der Waals surface area contributed by atoms with E-state index >= 15 is 0 Å². The summed E-state index contributed by atoms with van der Waals surface area (Å²) in [6.45, 7) is 1.59. The summed E-state index contributed by atoms with van der Waals surface area (Å²) in [7, 11) is -3.80. The SMILES string of the molecule is Cc1ccc(NS(=O)(=O)c2ccc(Cl)nc2)cc1F. The molecule has 1 N–H and O–H groups in total. The van der Waals surface area contributed by atoms with Crippen molar-refractivity contribution >= 4 is 27.3 Å². The third kappa shape index (κ3) is 3.21. The number of anilines is 1. The van der Waals surface area contributed by atoms with Crippen LogP contribution in [0.25, 0.3) is 0 Å². The fraction of sp³-hybridized carbons (Fsp3) is 0.0833. The maximum atomic E-state index is 13.3. The summed E-state index contributed by atoms with van der Waals surface area (Å²) in [6.07, 6.45) is 1.13. The van der Waals surface area contributed by atoms with Gasteiger partial charge in [-0.25, -0.2) is 17.8 Å². The highest BCUT2D eigenvalue weighted by Crippen LogP contribution is 2.18. The summed E-state index contributed by atoms with van der Waals surface area (Å²) in [6, 6.07) is 6.79. The van der Waals surface area contributed by atoms with Crippen LogP contribution in [0, 0.1) is 12.7 Å². The van der Waals surface area contributed by atoms with E-state index in [-0.39, 0.29) is 15.7 Å². The average molecular weight is 301 g/mol. The van der Waals surface area contributed by atoms with E-state index in [4.69, 9.17) is 11.6 Å². The maximum Gasteiger partial charge on any atom is 0.263 e. The highest BCUT2D eigenvalue weighted by atomic mass is 35.5. The van der Waals surface area contributed by atoms with E-state index in [1.54, 1.807) is 6.92 Å². The Balaban J connectivity index is 2.30. The molecule has 2 rings (SSSR count). The third-order valence-corrected chi connectivity index (χ3v) is 4.02. The molecule has 0 aliphatic rings. The Morgan fingerprint density at radius 1 is 1.26 bits per heavy atom. The zero-order valence-electron chi connectivity index (χ0n) is 9.89. The Morgan fingerprint density at radius 2 is 2.00 bits per heavy atom. The predicted octanol–water partition coefficient (Wildman–Crippen LogP) is 2.98. The number of sulfonamides is 1. The summed E-state index contributed by atoms with van der Waals surface area (Å²) in [5.41, 5.74) is 0.592. The molecule has 1 aromatic carbocycles. The molecule has 0 spiro atoms. The molecule has 0 radical (unpaired) electrons. The van der Waals surface area contributed by atoms with Crippen molar-refractivity contribution in [3.8, 4) is 0 Å². The normalized spacial score (nSPS) is 11.3. The van der Waals surface area contributed by atoms with Crippen molar-refractivity contribution in [3.63, 3.8) is 0 Å². The van der Waals surface area contributed by atoms with Crippen molar-refractivity contribution in [1.82, 2.24) is 4.98 Å². The van der Waals surface area contributed by atoms with Gasteiger partial charge in [-0.2, -0.15) is 0 Å². The van der Waals surface area contributed by atoms with Gasteiger partial charge in [-0.15, -0.1) is 0 Å². The number of benzene rings is 1. The lowest BCUT2D eigenvalue weighted by molar-refractivity contribution is 0.600. The lowest BCUT2D eigenvalue weighted by atomic mass is 10.2. The van der Waals surface area contributed by atoms with Crippen LogP contribution in [-0.2, 0) is 10.0 Å². The van der Waals surface area contributed by atoms with Crippen LogP contribution >= 0.6 is 11.6 Å². The van der Waals surface area contributed by atoms with Crippen LogP contribution in [0.1, 0.15) is 5.56 Å². The van der Waals surface area contributed by atoms with E-state index in [2.05, 4.69) is 9.71 Å². The second-order valence-corrected chi connectivity index (χ2v) is 5.96. The molecule has 19 heavy (non-hydrogen) atoms.